The summed E-state index contributed by atoms with van der Waals surface area (Å²) in [4.78, 5) is 0. The molecule has 1 atom stereocenters. The predicted octanol–water partition coefficient (Wildman–Crippen LogP) is 1.56. The van der Waals surface area contributed by atoms with E-state index in [4.69, 9.17) is 15.2 Å². The second kappa shape index (κ2) is 4.92. The Bertz CT molecular complexity index is 195. The highest BCUT2D eigenvalue weighted by Crippen LogP contribution is 2.14. The fraction of sp³-hybridized carbons (Fsp3) is 0.600. The molecule has 1 saturated heterocycles. The van der Waals surface area contributed by atoms with Crippen LogP contribution in [0, 0.1) is 0 Å². The van der Waals surface area contributed by atoms with E-state index in [1.165, 1.54) is 6.42 Å². The molecule has 1 unspecified atom stereocenters. The van der Waals surface area contributed by atoms with E-state index in [0.29, 0.717) is 18.1 Å². The van der Waals surface area contributed by atoms with Crippen molar-refractivity contribution in [2.24, 2.45) is 5.73 Å². The predicted molar refractivity (Wildman–Crippen MR) is 52.0 cm³/mol. The van der Waals surface area contributed by atoms with Crippen molar-refractivity contribution >= 4 is 0 Å². The van der Waals surface area contributed by atoms with Crippen LogP contribution in [-0.2, 0) is 9.47 Å². The molecule has 3 nitrogen and oxygen atoms in total. The quantitative estimate of drug-likeness (QED) is 0.531. The Labute approximate surface area is 79.2 Å². The molecule has 3 heteroatoms. The summed E-state index contributed by atoms with van der Waals surface area (Å²) in [7, 11) is 0. The molecule has 1 heterocycles. The highest BCUT2D eigenvalue weighted by Gasteiger charge is 2.14. The van der Waals surface area contributed by atoms with Crippen molar-refractivity contribution in [3.63, 3.8) is 0 Å². The molecule has 1 aliphatic heterocycles. The molecule has 74 valence electrons. The summed E-state index contributed by atoms with van der Waals surface area (Å²) in [5, 5.41) is 0. The fourth-order valence-corrected chi connectivity index (χ4v) is 1.23. The van der Waals surface area contributed by atoms with E-state index < -0.39 is 0 Å². The molecule has 0 radical (unpaired) electrons. The van der Waals surface area contributed by atoms with Gasteiger partial charge < -0.3 is 15.2 Å². The molecule has 0 aromatic carbocycles. The van der Waals surface area contributed by atoms with Crippen molar-refractivity contribution in [3.05, 3.63) is 24.6 Å². The number of hydrogen-bond acceptors (Lipinski definition) is 3. The van der Waals surface area contributed by atoms with Crippen LogP contribution in [0.15, 0.2) is 24.6 Å². The van der Waals surface area contributed by atoms with Crippen LogP contribution < -0.4 is 5.73 Å². The van der Waals surface area contributed by atoms with Crippen molar-refractivity contribution in [3.8, 4) is 0 Å². The first-order valence-electron chi connectivity index (χ1n) is 4.58. The molecule has 0 aromatic heterocycles. The van der Waals surface area contributed by atoms with E-state index in [2.05, 4.69) is 13.2 Å². The van der Waals surface area contributed by atoms with Gasteiger partial charge in [0.05, 0.1) is 11.8 Å². The summed E-state index contributed by atoms with van der Waals surface area (Å²) >= 11 is 0. The molecular weight excluding hydrogens is 166 g/mol. The first-order valence-corrected chi connectivity index (χ1v) is 4.58. The van der Waals surface area contributed by atoms with Crippen LogP contribution in [0.25, 0.3) is 0 Å². The molecule has 0 spiro atoms. The van der Waals surface area contributed by atoms with Gasteiger partial charge in [-0.3, -0.25) is 0 Å². The summed E-state index contributed by atoms with van der Waals surface area (Å²) in [5.74, 6) is 0.453. The molecule has 1 rings (SSSR count). The molecule has 0 aromatic rings. The zero-order valence-electron chi connectivity index (χ0n) is 7.92. The summed E-state index contributed by atoms with van der Waals surface area (Å²) in [6, 6.07) is 0. The van der Waals surface area contributed by atoms with Crippen molar-refractivity contribution in [1.82, 2.24) is 0 Å². The van der Waals surface area contributed by atoms with E-state index in [9.17, 15) is 0 Å². The Morgan fingerprint density at radius 2 is 2.23 bits per heavy atom. The Hall–Kier alpha value is -0.960. The van der Waals surface area contributed by atoms with Gasteiger partial charge in [0, 0.05) is 6.61 Å². The molecule has 0 amide bonds. The van der Waals surface area contributed by atoms with Crippen LogP contribution in [0.5, 0.6) is 0 Å². The minimum absolute atomic E-state index is 0.199. The highest BCUT2D eigenvalue weighted by molar-refractivity contribution is 5.14. The van der Waals surface area contributed by atoms with E-state index in [1.807, 2.05) is 0 Å². The second-order valence-electron chi connectivity index (χ2n) is 3.25. The van der Waals surface area contributed by atoms with Crippen molar-refractivity contribution in [1.29, 1.82) is 0 Å². The SMILES string of the molecule is C=C(N)C(=C)OCC1CCCCO1. The molecule has 1 aliphatic rings. The third-order valence-electron chi connectivity index (χ3n) is 2.08. The maximum absolute atomic E-state index is 5.47. The van der Waals surface area contributed by atoms with Crippen LogP contribution in [0.1, 0.15) is 19.3 Å². The molecule has 2 N–H and O–H groups in total. The minimum Gasteiger partial charge on any atom is -0.489 e. The number of ether oxygens (including phenoxy) is 2. The third kappa shape index (κ3) is 3.51. The molecular formula is C10H17NO2. The van der Waals surface area contributed by atoms with Gasteiger partial charge in [-0.05, 0) is 19.3 Å². The van der Waals surface area contributed by atoms with Crippen LogP contribution in [0.3, 0.4) is 0 Å². The standard InChI is InChI=1S/C10H17NO2/c1-8(11)9(2)13-7-10-5-3-4-6-12-10/h10H,1-7,11H2. The maximum Gasteiger partial charge on any atom is 0.134 e. The topological polar surface area (TPSA) is 44.5 Å². The number of hydrogen-bond donors (Lipinski definition) is 1. The lowest BCUT2D eigenvalue weighted by molar-refractivity contribution is -0.0245. The lowest BCUT2D eigenvalue weighted by Gasteiger charge is -2.22. The van der Waals surface area contributed by atoms with Crippen molar-refractivity contribution in [2.45, 2.75) is 25.4 Å². The Morgan fingerprint density at radius 3 is 2.77 bits per heavy atom. The van der Waals surface area contributed by atoms with Gasteiger partial charge in [0.2, 0.25) is 0 Å². The van der Waals surface area contributed by atoms with Gasteiger partial charge in [0.1, 0.15) is 12.4 Å². The number of rotatable bonds is 4. The van der Waals surface area contributed by atoms with Crippen molar-refractivity contribution in [2.75, 3.05) is 13.2 Å². The van der Waals surface area contributed by atoms with Gasteiger partial charge >= 0.3 is 0 Å². The highest BCUT2D eigenvalue weighted by atomic mass is 16.5. The second-order valence-corrected chi connectivity index (χ2v) is 3.25. The molecule has 0 bridgehead atoms. The zero-order chi connectivity index (χ0) is 9.68. The third-order valence-corrected chi connectivity index (χ3v) is 2.08. The lowest BCUT2D eigenvalue weighted by Crippen LogP contribution is -2.24. The Kier molecular flexibility index (Phi) is 3.83. The van der Waals surface area contributed by atoms with E-state index in [-0.39, 0.29) is 6.10 Å². The van der Waals surface area contributed by atoms with Crippen LogP contribution >= 0.6 is 0 Å². The molecule has 0 aliphatic carbocycles. The smallest absolute Gasteiger partial charge is 0.134 e. The summed E-state index contributed by atoms with van der Waals surface area (Å²) in [6.45, 7) is 8.54. The molecule has 13 heavy (non-hydrogen) atoms. The maximum atomic E-state index is 5.47. The average molecular weight is 183 g/mol. The van der Waals surface area contributed by atoms with E-state index in [0.717, 1.165) is 19.4 Å². The van der Waals surface area contributed by atoms with E-state index >= 15 is 0 Å². The average Bonchev–Trinajstić information content (AvgIpc) is 2.15. The first kappa shape index (κ1) is 10.1. The zero-order valence-corrected chi connectivity index (χ0v) is 7.92. The monoisotopic (exact) mass is 183 g/mol. The molecule has 0 saturated carbocycles. The van der Waals surface area contributed by atoms with Crippen LogP contribution in [0.2, 0.25) is 0 Å². The van der Waals surface area contributed by atoms with Crippen LogP contribution in [0.4, 0.5) is 0 Å². The Morgan fingerprint density at radius 1 is 1.46 bits per heavy atom. The van der Waals surface area contributed by atoms with Gasteiger partial charge in [-0.2, -0.15) is 0 Å². The Balaban J connectivity index is 2.17. The number of nitrogens with two attached hydrogens (primary N) is 1. The normalized spacial score (nSPS) is 22.3. The lowest BCUT2D eigenvalue weighted by atomic mass is 10.1. The molecule has 1 fully saturated rings. The van der Waals surface area contributed by atoms with Gasteiger partial charge in [0.25, 0.3) is 0 Å². The van der Waals surface area contributed by atoms with Gasteiger partial charge in [-0.15, -0.1) is 0 Å². The minimum atomic E-state index is 0.199. The first-order chi connectivity index (χ1) is 6.20. The summed E-state index contributed by atoms with van der Waals surface area (Å²) < 4.78 is 10.8. The largest absolute Gasteiger partial charge is 0.489 e. The van der Waals surface area contributed by atoms with Gasteiger partial charge in [-0.25, -0.2) is 0 Å². The summed E-state index contributed by atoms with van der Waals surface area (Å²) in [6.07, 6.45) is 3.62. The summed E-state index contributed by atoms with van der Waals surface area (Å²) in [5.41, 5.74) is 5.78. The van der Waals surface area contributed by atoms with Gasteiger partial charge in [0.15, 0.2) is 0 Å². The van der Waals surface area contributed by atoms with Crippen LogP contribution in [-0.4, -0.2) is 19.3 Å². The van der Waals surface area contributed by atoms with E-state index in [1.54, 1.807) is 0 Å². The van der Waals surface area contributed by atoms with Crippen molar-refractivity contribution < 1.29 is 9.47 Å². The fourth-order valence-electron chi connectivity index (χ4n) is 1.23. The van der Waals surface area contributed by atoms with Gasteiger partial charge in [-0.1, -0.05) is 13.2 Å².